The maximum atomic E-state index is 12.8. The number of nitrogens with one attached hydrogen (secondary N) is 1. The molecule has 1 amide bonds. The summed E-state index contributed by atoms with van der Waals surface area (Å²) in [4.78, 5) is 17.1. The number of hydrogen-bond acceptors (Lipinski definition) is 3. The predicted octanol–water partition coefficient (Wildman–Crippen LogP) is 3.69. The molecule has 4 rings (SSSR count). The Bertz CT molecular complexity index is 957. The zero-order valence-electron chi connectivity index (χ0n) is 17.7. The monoisotopic (exact) mass is 402 g/mol. The Labute approximate surface area is 179 Å². The molecule has 2 atom stereocenters. The molecule has 0 fully saturated rings. The van der Waals surface area contributed by atoms with Crippen molar-refractivity contribution in [2.75, 3.05) is 13.6 Å². The number of dihydropyridines is 1. The van der Waals surface area contributed by atoms with E-state index in [-0.39, 0.29) is 18.1 Å². The van der Waals surface area contributed by atoms with Crippen LogP contribution in [-0.4, -0.2) is 46.1 Å². The van der Waals surface area contributed by atoms with Crippen LogP contribution in [0.5, 0.6) is 0 Å². The van der Waals surface area contributed by atoms with E-state index in [9.17, 15) is 4.79 Å². The molecule has 5 heteroatoms. The molecule has 1 aromatic heterocycles. The molecular formula is C25H30N4O. The second-order valence-corrected chi connectivity index (χ2v) is 8.07. The second-order valence-electron chi connectivity index (χ2n) is 8.07. The van der Waals surface area contributed by atoms with E-state index in [4.69, 9.17) is 0 Å². The van der Waals surface area contributed by atoms with Gasteiger partial charge in [0.25, 0.3) is 5.91 Å². The van der Waals surface area contributed by atoms with E-state index in [0.29, 0.717) is 6.54 Å². The highest BCUT2D eigenvalue weighted by atomic mass is 16.2. The first-order valence-electron chi connectivity index (χ1n) is 10.6. The minimum atomic E-state index is 0.0643. The normalized spacial score (nSPS) is 18.4. The summed E-state index contributed by atoms with van der Waals surface area (Å²) in [7, 11) is 3.81. The van der Waals surface area contributed by atoms with Gasteiger partial charge in [-0.05, 0) is 61.0 Å². The average Bonchev–Trinajstić information content (AvgIpc) is 3.22. The third-order valence-corrected chi connectivity index (χ3v) is 5.98. The van der Waals surface area contributed by atoms with Crippen molar-refractivity contribution >= 4 is 5.91 Å². The standard InChI is InChI=1S/C25H30N4O/c1-27-16-8-13-23(27)25(30)28(2)18-14-22(19-20-9-4-3-5-10-20)29-17-7-12-21-11-6-15-26-24(21)29/h3-11,13,15-17,22,24,26H,12,14,18-19H2,1-2H3. The van der Waals surface area contributed by atoms with Crippen LogP contribution in [0, 0.1) is 0 Å². The van der Waals surface area contributed by atoms with Crippen molar-refractivity contribution in [3.05, 3.63) is 96.1 Å². The van der Waals surface area contributed by atoms with Gasteiger partial charge in [-0.25, -0.2) is 0 Å². The number of nitrogens with zero attached hydrogens (tertiary/aromatic N) is 3. The molecule has 0 spiro atoms. The average molecular weight is 403 g/mol. The van der Waals surface area contributed by atoms with Crippen LogP contribution in [0.15, 0.2) is 84.9 Å². The SMILES string of the molecule is CN(CCC(Cc1ccccc1)N1C=CCC2=CC=CNC21)C(=O)c1cccn1C. The first-order chi connectivity index (χ1) is 14.6. The molecule has 2 aliphatic heterocycles. The van der Waals surface area contributed by atoms with Crippen molar-refractivity contribution in [1.29, 1.82) is 0 Å². The van der Waals surface area contributed by atoms with Crippen molar-refractivity contribution in [1.82, 2.24) is 19.7 Å². The fourth-order valence-corrected chi connectivity index (χ4v) is 4.27. The van der Waals surface area contributed by atoms with Gasteiger partial charge in [-0.3, -0.25) is 4.79 Å². The lowest BCUT2D eigenvalue weighted by atomic mass is 9.96. The largest absolute Gasteiger partial charge is 0.368 e. The predicted molar refractivity (Wildman–Crippen MR) is 121 cm³/mol. The van der Waals surface area contributed by atoms with E-state index in [1.807, 2.05) is 48.1 Å². The van der Waals surface area contributed by atoms with Gasteiger partial charge in [0.1, 0.15) is 11.9 Å². The summed E-state index contributed by atoms with van der Waals surface area (Å²) in [5, 5.41) is 3.52. The molecule has 0 aliphatic carbocycles. The van der Waals surface area contributed by atoms with Crippen LogP contribution in [0.1, 0.15) is 28.9 Å². The number of allylic oxidation sites excluding steroid dienone is 3. The molecule has 30 heavy (non-hydrogen) atoms. The number of carbonyl (C=O) groups excluding carboxylic acids is 1. The molecule has 0 saturated heterocycles. The summed E-state index contributed by atoms with van der Waals surface area (Å²) < 4.78 is 1.88. The number of aryl methyl sites for hydroxylation is 1. The fourth-order valence-electron chi connectivity index (χ4n) is 4.27. The molecule has 3 heterocycles. The van der Waals surface area contributed by atoms with Gasteiger partial charge >= 0.3 is 0 Å². The molecule has 1 N–H and O–H groups in total. The first-order valence-corrected chi connectivity index (χ1v) is 10.6. The van der Waals surface area contributed by atoms with E-state index in [0.717, 1.165) is 25.0 Å². The van der Waals surface area contributed by atoms with Crippen LogP contribution < -0.4 is 5.32 Å². The summed E-state index contributed by atoms with van der Waals surface area (Å²) in [5.41, 5.74) is 3.42. The quantitative estimate of drug-likeness (QED) is 0.768. The summed E-state index contributed by atoms with van der Waals surface area (Å²) in [6, 6.07) is 14.7. The maximum absolute atomic E-state index is 12.8. The summed E-state index contributed by atoms with van der Waals surface area (Å²) in [6.45, 7) is 0.702. The lowest BCUT2D eigenvalue weighted by Gasteiger charge is -2.42. The molecule has 5 nitrogen and oxygen atoms in total. The second kappa shape index (κ2) is 9.08. The summed E-state index contributed by atoms with van der Waals surface area (Å²) in [5.74, 6) is 0.0643. The molecule has 0 bridgehead atoms. The highest BCUT2D eigenvalue weighted by Crippen LogP contribution is 2.26. The van der Waals surface area contributed by atoms with Gasteiger partial charge in [0.2, 0.25) is 0 Å². The summed E-state index contributed by atoms with van der Waals surface area (Å²) >= 11 is 0. The smallest absolute Gasteiger partial charge is 0.270 e. The third-order valence-electron chi connectivity index (χ3n) is 5.98. The number of amides is 1. The van der Waals surface area contributed by atoms with Crippen LogP contribution in [0.25, 0.3) is 0 Å². The molecule has 2 aromatic rings. The Morgan fingerprint density at radius 2 is 2.07 bits per heavy atom. The summed E-state index contributed by atoms with van der Waals surface area (Å²) in [6.07, 6.45) is 15.7. The van der Waals surface area contributed by atoms with Crippen molar-refractivity contribution in [3.8, 4) is 0 Å². The third kappa shape index (κ3) is 4.35. The first kappa shape index (κ1) is 20.1. The van der Waals surface area contributed by atoms with E-state index in [1.165, 1.54) is 11.1 Å². The minimum absolute atomic E-state index is 0.0643. The molecule has 156 valence electrons. The van der Waals surface area contributed by atoms with Crippen molar-refractivity contribution in [2.24, 2.45) is 7.05 Å². The van der Waals surface area contributed by atoms with Gasteiger partial charge in [0, 0.05) is 32.9 Å². The number of carbonyl (C=O) groups is 1. The van der Waals surface area contributed by atoms with Crippen LogP contribution >= 0.6 is 0 Å². The van der Waals surface area contributed by atoms with Gasteiger partial charge in [-0.15, -0.1) is 0 Å². The van der Waals surface area contributed by atoms with E-state index >= 15 is 0 Å². The van der Waals surface area contributed by atoms with E-state index in [1.54, 1.807) is 0 Å². The fraction of sp³-hybridized carbons (Fsp3) is 0.320. The van der Waals surface area contributed by atoms with Crippen LogP contribution in [-0.2, 0) is 13.5 Å². The Balaban J connectivity index is 1.50. The Morgan fingerprint density at radius 1 is 1.23 bits per heavy atom. The topological polar surface area (TPSA) is 40.5 Å². The lowest BCUT2D eigenvalue weighted by molar-refractivity contribution is 0.0766. The zero-order chi connectivity index (χ0) is 20.9. The number of benzene rings is 1. The minimum Gasteiger partial charge on any atom is -0.368 e. The van der Waals surface area contributed by atoms with Gasteiger partial charge in [-0.1, -0.05) is 42.5 Å². The van der Waals surface area contributed by atoms with Gasteiger partial charge in [0.15, 0.2) is 0 Å². The van der Waals surface area contributed by atoms with Crippen molar-refractivity contribution in [3.63, 3.8) is 0 Å². The number of aromatic nitrogens is 1. The highest BCUT2D eigenvalue weighted by molar-refractivity contribution is 5.92. The maximum Gasteiger partial charge on any atom is 0.270 e. The molecule has 0 saturated carbocycles. The van der Waals surface area contributed by atoms with Crippen LogP contribution in [0.4, 0.5) is 0 Å². The molecule has 2 aliphatic rings. The van der Waals surface area contributed by atoms with Gasteiger partial charge < -0.3 is 19.7 Å². The van der Waals surface area contributed by atoms with Crippen LogP contribution in [0.2, 0.25) is 0 Å². The number of hydrogen-bond donors (Lipinski definition) is 1. The Morgan fingerprint density at radius 3 is 2.83 bits per heavy atom. The number of rotatable bonds is 7. The van der Waals surface area contributed by atoms with Crippen molar-refractivity contribution in [2.45, 2.75) is 31.5 Å². The van der Waals surface area contributed by atoms with Gasteiger partial charge in [0.05, 0.1) is 0 Å². The zero-order valence-corrected chi connectivity index (χ0v) is 17.7. The number of fused-ring (bicyclic) bond motifs is 1. The van der Waals surface area contributed by atoms with E-state index < -0.39 is 0 Å². The molecular weight excluding hydrogens is 372 g/mol. The lowest BCUT2D eigenvalue weighted by Crippen LogP contribution is -2.51. The molecule has 0 radical (unpaired) electrons. The molecule has 1 aromatic carbocycles. The van der Waals surface area contributed by atoms with E-state index in [2.05, 4.69) is 65.0 Å². The highest BCUT2D eigenvalue weighted by Gasteiger charge is 2.29. The van der Waals surface area contributed by atoms with Gasteiger partial charge in [-0.2, -0.15) is 0 Å². The van der Waals surface area contributed by atoms with Crippen molar-refractivity contribution < 1.29 is 4.79 Å². The molecule has 2 unspecified atom stereocenters. The van der Waals surface area contributed by atoms with Crippen LogP contribution in [0.3, 0.4) is 0 Å². The Hall–Kier alpha value is -3.21. The Kier molecular flexibility index (Phi) is 6.07.